The van der Waals surface area contributed by atoms with Gasteiger partial charge in [0.25, 0.3) is 5.91 Å². The molecule has 1 N–H and O–H groups in total. The molecule has 0 aliphatic carbocycles. The third-order valence-corrected chi connectivity index (χ3v) is 3.38. The third kappa shape index (κ3) is 3.98. The number of benzene rings is 3. The van der Waals surface area contributed by atoms with Crippen LogP contribution in [0.15, 0.2) is 78.9 Å². The highest BCUT2D eigenvalue weighted by Gasteiger charge is 2.06. The molecule has 0 fully saturated rings. The molecular formula is C20H17NO2. The summed E-state index contributed by atoms with van der Waals surface area (Å²) in [5.74, 6) is 1.31. The van der Waals surface area contributed by atoms with E-state index in [1.165, 1.54) is 5.56 Å². The first-order valence-corrected chi connectivity index (χ1v) is 7.42. The molecule has 0 saturated carbocycles. The SMILES string of the molecule is Cc1ccc(Oc2cccc(NC(=O)c3ccccc3)c2)cc1. The Morgan fingerprint density at radius 3 is 2.30 bits per heavy atom. The number of amides is 1. The van der Waals surface area contributed by atoms with E-state index in [1.807, 2.05) is 67.6 Å². The van der Waals surface area contributed by atoms with Crippen LogP contribution in [0.25, 0.3) is 0 Å². The number of hydrogen-bond acceptors (Lipinski definition) is 2. The van der Waals surface area contributed by atoms with Crippen LogP contribution in [0.4, 0.5) is 5.69 Å². The lowest BCUT2D eigenvalue weighted by Gasteiger charge is -2.09. The highest BCUT2D eigenvalue weighted by molar-refractivity contribution is 6.04. The van der Waals surface area contributed by atoms with E-state index in [0.29, 0.717) is 17.0 Å². The third-order valence-electron chi connectivity index (χ3n) is 3.38. The molecule has 3 rings (SSSR count). The van der Waals surface area contributed by atoms with Gasteiger partial charge in [-0.05, 0) is 43.3 Å². The smallest absolute Gasteiger partial charge is 0.255 e. The summed E-state index contributed by atoms with van der Waals surface area (Å²) in [7, 11) is 0. The largest absolute Gasteiger partial charge is 0.457 e. The van der Waals surface area contributed by atoms with E-state index in [4.69, 9.17) is 4.74 Å². The zero-order chi connectivity index (χ0) is 16.1. The van der Waals surface area contributed by atoms with Crippen molar-refractivity contribution in [1.29, 1.82) is 0 Å². The quantitative estimate of drug-likeness (QED) is 0.733. The fourth-order valence-electron chi connectivity index (χ4n) is 2.17. The molecule has 0 aromatic heterocycles. The first kappa shape index (κ1) is 14.9. The van der Waals surface area contributed by atoms with Gasteiger partial charge in [0.2, 0.25) is 0 Å². The van der Waals surface area contributed by atoms with Crippen LogP contribution in [0.5, 0.6) is 11.5 Å². The maximum Gasteiger partial charge on any atom is 0.255 e. The molecule has 0 bridgehead atoms. The van der Waals surface area contributed by atoms with E-state index in [1.54, 1.807) is 18.2 Å². The molecule has 0 heterocycles. The van der Waals surface area contributed by atoms with E-state index in [9.17, 15) is 4.79 Å². The highest BCUT2D eigenvalue weighted by Crippen LogP contribution is 2.24. The molecule has 23 heavy (non-hydrogen) atoms. The topological polar surface area (TPSA) is 38.3 Å². The molecule has 0 saturated heterocycles. The Kier molecular flexibility index (Phi) is 4.39. The lowest BCUT2D eigenvalue weighted by molar-refractivity contribution is 0.102. The number of rotatable bonds is 4. The molecule has 0 aliphatic heterocycles. The van der Waals surface area contributed by atoms with Crippen molar-refractivity contribution in [2.24, 2.45) is 0 Å². The van der Waals surface area contributed by atoms with Crippen molar-refractivity contribution in [2.75, 3.05) is 5.32 Å². The number of carbonyl (C=O) groups is 1. The van der Waals surface area contributed by atoms with Crippen molar-refractivity contribution in [3.63, 3.8) is 0 Å². The summed E-state index contributed by atoms with van der Waals surface area (Å²) in [6, 6.07) is 24.3. The number of hydrogen-bond donors (Lipinski definition) is 1. The highest BCUT2D eigenvalue weighted by atomic mass is 16.5. The Labute approximate surface area is 135 Å². The average molecular weight is 303 g/mol. The van der Waals surface area contributed by atoms with Crippen molar-refractivity contribution in [3.05, 3.63) is 90.0 Å². The summed E-state index contributed by atoms with van der Waals surface area (Å²) in [6.45, 7) is 2.03. The number of ether oxygens (including phenoxy) is 1. The summed E-state index contributed by atoms with van der Waals surface area (Å²) < 4.78 is 5.81. The van der Waals surface area contributed by atoms with Gasteiger partial charge in [0.05, 0.1) is 0 Å². The molecular weight excluding hydrogens is 286 g/mol. The van der Waals surface area contributed by atoms with Gasteiger partial charge < -0.3 is 10.1 Å². The molecule has 0 aliphatic rings. The maximum absolute atomic E-state index is 12.2. The predicted molar refractivity (Wildman–Crippen MR) is 92.1 cm³/mol. The summed E-state index contributed by atoms with van der Waals surface area (Å²) >= 11 is 0. The average Bonchev–Trinajstić information content (AvgIpc) is 2.58. The zero-order valence-corrected chi connectivity index (χ0v) is 12.8. The number of nitrogens with one attached hydrogen (secondary N) is 1. The minimum Gasteiger partial charge on any atom is -0.457 e. The summed E-state index contributed by atoms with van der Waals surface area (Å²) in [6.07, 6.45) is 0. The molecule has 3 aromatic rings. The van der Waals surface area contributed by atoms with E-state index in [0.717, 1.165) is 5.75 Å². The summed E-state index contributed by atoms with van der Waals surface area (Å²) in [5.41, 5.74) is 2.50. The summed E-state index contributed by atoms with van der Waals surface area (Å²) in [4.78, 5) is 12.2. The lowest BCUT2D eigenvalue weighted by atomic mass is 10.2. The second kappa shape index (κ2) is 6.79. The molecule has 3 aromatic carbocycles. The number of anilines is 1. The van der Waals surface area contributed by atoms with Crippen LogP contribution in [0.2, 0.25) is 0 Å². The minimum atomic E-state index is -0.141. The zero-order valence-electron chi connectivity index (χ0n) is 12.8. The van der Waals surface area contributed by atoms with Crippen LogP contribution in [0.3, 0.4) is 0 Å². The van der Waals surface area contributed by atoms with E-state index < -0.39 is 0 Å². The van der Waals surface area contributed by atoms with Crippen LogP contribution in [0.1, 0.15) is 15.9 Å². The van der Waals surface area contributed by atoms with Crippen molar-refractivity contribution in [3.8, 4) is 11.5 Å². The Morgan fingerprint density at radius 2 is 1.57 bits per heavy atom. The molecule has 1 amide bonds. The van der Waals surface area contributed by atoms with Crippen LogP contribution in [-0.2, 0) is 0 Å². The second-order valence-corrected chi connectivity index (χ2v) is 5.26. The van der Waals surface area contributed by atoms with Gasteiger partial charge in [-0.25, -0.2) is 0 Å². The van der Waals surface area contributed by atoms with E-state index in [-0.39, 0.29) is 5.91 Å². The molecule has 0 atom stereocenters. The molecule has 3 nitrogen and oxygen atoms in total. The Balaban J connectivity index is 1.72. The van der Waals surface area contributed by atoms with Crippen LogP contribution in [0, 0.1) is 6.92 Å². The van der Waals surface area contributed by atoms with Gasteiger partial charge in [-0.15, -0.1) is 0 Å². The normalized spacial score (nSPS) is 10.1. The van der Waals surface area contributed by atoms with Crippen molar-refractivity contribution in [2.45, 2.75) is 6.92 Å². The van der Waals surface area contributed by atoms with Gasteiger partial charge in [-0.3, -0.25) is 4.79 Å². The minimum absolute atomic E-state index is 0.141. The van der Waals surface area contributed by atoms with Gasteiger partial charge in [-0.2, -0.15) is 0 Å². The van der Waals surface area contributed by atoms with Gasteiger partial charge in [0.15, 0.2) is 0 Å². The number of aryl methyl sites for hydroxylation is 1. The van der Waals surface area contributed by atoms with Crippen LogP contribution >= 0.6 is 0 Å². The fraction of sp³-hybridized carbons (Fsp3) is 0.0500. The standard InChI is InChI=1S/C20H17NO2/c1-15-10-12-18(13-11-15)23-19-9-5-8-17(14-19)21-20(22)16-6-3-2-4-7-16/h2-14H,1H3,(H,21,22). The predicted octanol–water partition coefficient (Wildman–Crippen LogP) is 5.04. The molecule has 3 heteroatoms. The first-order chi connectivity index (χ1) is 11.2. The molecule has 0 radical (unpaired) electrons. The molecule has 114 valence electrons. The van der Waals surface area contributed by atoms with Gasteiger partial charge >= 0.3 is 0 Å². The Hall–Kier alpha value is -3.07. The first-order valence-electron chi connectivity index (χ1n) is 7.42. The fourth-order valence-corrected chi connectivity index (χ4v) is 2.17. The Bertz CT molecular complexity index is 795. The number of carbonyl (C=O) groups excluding carboxylic acids is 1. The van der Waals surface area contributed by atoms with Crippen LogP contribution in [-0.4, -0.2) is 5.91 Å². The molecule has 0 spiro atoms. The van der Waals surface area contributed by atoms with Gasteiger partial charge in [0.1, 0.15) is 11.5 Å². The van der Waals surface area contributed by atoms with E-state index >= 15 is 0 Å². The van der Waals surface area contributed by atoms with Crippen molar-refractivity contribution < 1.29 is 9.53 Å². The van der Waals surface area contributed by atoms with Crippen molar-refractivity contribution >= 4 is 11.6 Å². The van der Waals surface area contributed by atoms with Crippen molar-refractivity contribution in [1.82, 2.24) is 0 Å². The second-order valence-electron chi connectivity index (χ2n) is 5.26. The monoisotopic (exact) mass is 303 g/mol. The Morgan fingerprint density at radius 1 is 0.826 bits per heavy atom. The maximum atomic E-state index is 12.2. The summed E-state index contributed by atoms with van der Waals surface area (Å²) in [5, 5.41) is 2.87. The van der Waals surface area contributed by atoms with E-state index in [2.05, 4.69) is 5.32 Å². The van der Waals surface area contributed by atoms with Gasteiger partial charge in [0, 0.05) is 17.3 Å². The van der Waals surface area contributed by atoms with Crippen LogP contribution < -0.4 is 10.1 Å². The molecule has 0 unspecified atom stereocenters. The van der Waals surface area contributed by atoms with Gasteiger partial charge in [-0.1, -0.05) is 42.0 Å². The lowest BCUT2D eigenvalue weighted by Crippen LogP contribution is -2.11.